The van der Waals surface area contributed by atoms with Gasteiger partial charge in [0.1, 0.15) is 0 Å². The summed E-state index contributed by atoms with van der Waals surface area (Å²) in [5.74, 6) is 2.00. The smallest absolute Gasteiger partial charge is 0.0272 e. The van der Waals surface area contributed by atoms with E-state index in [9.17, 15) is 0 Å². The van der Waals surface area contributed by atoms with E-state index in [1.165, 1.54) is 83.5 Å². The minimum Gasteiger partial charge on any atom is -0.133 e. The standard InChI is InChI=1S/C22H40/c1-5-9-10-12-18-22(8-4,21-16-14-17-21)19-13-11-15-20(6-2)7-3/h9,20-21H,1,6-8,10-19H2,2-4H3. The van der Waals surface area contributed by atoms with E-state index >= 15 is 0 Å². The summed E-state index contributed by atoms with van der Waals surface area (Å²) in [5, 5.41) is 0. The molecule has 0 saturated heterocycles. The minimum atomic E-state index is 0.654. The third-order valence-corrected chi connectivity index (χ3v) is 6.53. The molecule has 0 nitrogen and oxygen atoms in total. The molecular weight excluding hydrogens is 264 g/mol. The molecule has 0 radical (unpaired) electrons. The number of unbranched alkanes of at least 4 members (excludes halogenated alkanes) is 2. The molecule has 1 saturated carbocycles. The van der Waals surface area contributed by atoms with Crippen LogP contribution in [0.15, 0.2) is 18.4 Å². The van der Waals surface area contributed by atoms with Crippen molar-refractivity contribution in [1.82, 2.24) is 0 Å². The van der Waals surface area contributed by atoms with Gasteiger partial charge in [0.25, 0.3) is 0 Å². The quantitative estimate of drug-likeness (QED) is 0.241. The number of allylic oxidation sites excluding steroid dienone is 1. The Hall–Kier alpha value is -0.480. The summed E-state index contributed by atoms with van der Waals surface area (Å²) in [7, 11) is 0. The highest BCUT2D eigenvalue weighted by molar-refractivity contribution is 4.91. The minimum absolute atomic E-state index is 0.654. The first-order chi connectivity index (χ1) is 10.7. The van der Waals surface area contributed by atoms with Crippen molar-refractivity contribution in [3.05, 3.63) is 18.4 Å². The van der Waals surface area contributed by atoms with Crippen LogP contribution in [0.5, 0.6) is 0 Å². The van der Waals surface area contributed by atoms with Crippen LogP contribution in [-0.2, 0) is 0 Å². The maximum absolute atomic E-state index is 3.69. The molecule has 22 heavy (non-hydrogen) atoms. The Kier molecular flexibility index (Phi) is 9.89. The first-order valence-corrected chi connectivity index (χ1v) is 10.1. The Labute approximate surface area is 140 Å². The Balaban J connectivity index is 2.44. The summed E-state index contributed by atoms with van der Waals surface area (Å²) < 4.78 is 0. The van der Waals surface area contributed by atoms with E-state index in [0.29, 0.717) is 5.41 Å². The van der Waals surface area contributed by atoms with Crippen molar-refractivity contribution in [2.24, 2.45) is 17.3 Å². The Morgan fingerprint density at radius 1 is 1.09 bits per heavy atom. The molecule has 1 fully saturated rings. The first-order valence-electron chi connectivity index (χ1n) is 10.1. The molecule has 0 aromatic rings. The lowest BCUT2D eigenvalue weighted by atomic mass is 9.59. The molecule has 0 aliphatic heterocycles. The van der Waals surface area contributed by atoms with Crippen LogP contribution in [-0.4, -0.2) is 0 Å². The summed E-state index contributed by atoms with van der Waals surface area (Å²) in [6.45, 7) is 10.8. The number of hydrogen-bond donors (Lipinski definition) is 0. The molecule has 1 atom stereocenters. The van der Waals surface area contributed by atoms with E-state index in [0.717, 1.165) is 11.8 Å². The van der Waals surface area contributed by atoms with E-state index in [1.54, 1.807) is 0 Å². The van der Waals surface area contributed by atoms with Gasteiger partial charge in [-0.3, -0.25) is 0 Å². The molecule has 1 aliphatic carbocycles. The van der Waals surface area contributed by atoms with Crippen molar-refractivity contribution < 1.29 is 0 Å². The lowest BCUT2D eigenvalue weighted by Crippen LogP contribution is -2.34. The molecule has 0 heterocycles. The van der Waals surface area contributed by atoms with Crippen LogP contribution in [0.3, 0.4) is 0 Å². The predicted molar refractivity (Wildman–Crippen MR) is 100 cm³/mol. The van der Waals surface area contributed by atoms with Gasteiger partial charge in [0, 0.05) is 0 Å². The average Bonchev–Trinajstić information content (AvgIpc) is 2.49. The monoisotopic (exact) mass is 304 g/mol. The third-order valence-electron chi connectivity index (χ3n) is 6.53. The van der Waals surface area contributed by atoms with Crippen LogP contribution in [0.25, 0.3) is 0 Å². The SMILES string of the molecule is C=C=CCCCC(CC)(CCCCC(CC)CC)C1CCC1. The van der Waals surface area contributed by atoms with Gasteiger partial charge in [0.15, 0.2) is 0 Å². The fraction of sp³-hybridized carbons (Fsp3) is 0.864. The van der Waals surface area contributed by atoms with Crippen LogP contribution in [0.4, 0.5) is 0 Å². The lowest BCUT2D eigenvalue weighted by molar-refractivity contribution is 0.0523. The van der Waals surface area contributed by atoms with Gasteiger partial charge in [-0.05, 0) is 61.9 Å². The molecule has 1 unspecified atom stereocenters. The second-order valence-electron chi connectivity index (χ2n) is 7.57. The summed E-state index contributed by atoms with van der Waals surface area (Å²) in [5.41, 5.74) is 3.59. The summed E-state index contributed by atoms with van der Waals surface area (Å²) in [6.07, 6.45) is 20.5. The predicted octanol–water partition coefficient (Wildman–Crippen LogP) is 7.69. The molecule has 128 valence electrons. The van der Waals surface area contributed by atoms with Gasteiger partial charge in [-0.1, -0.05) is 72.3 Å². The Morgan fingerprint density at radius 3 is 2.27 bits per heavy atom. The third kappa shape index (κ3) is 5.96. The molecular formula is C22H40. The van der Waals surface area contributed by atoms with Crippen LogP contribution in [0.1, 0.15) is 104 Å². The molecule has 1 aliphatic rings. The van der Waals surface area contributed by atoms with Crippen molar-refractivity contribution in [2.75, 3.05) is 0 Å². The molecule has 0 bridgehead atoms. The van der Waals surface area contributed by atoms with Gasteiger partial charge in [-0.15, -0.1) is 5.73 Å². The molecule has 0 amide bonds. The van der Waals surface area contributed by atoms with Gasteiger partial charge in [0.05, 0.1) is 0 Å². The largest absolute Gasteiger partial charge is 0.133 e. The number of rotatable bonds is 13. The van der Waals surface area contributed by atoms with E-state index < -0.39 is 0 Å². The zero-order valence-corrected chi connectivity index (χ0v) is 15.6. The fourth-order valence-electron chi connectivity index (χ4n) is 4.46. The zero-order chi connectivity index (χ0) is 16.3. The topological polar surface area (TPSA) is 0 Å². The van der Waals surface area contributed by atoms with Crippen molar-refractivity contribution in [3.63, 3.8) is 0 Å². The lowest BCUT2D eigenvalue weighted by Gasteiger charge is -2.46. The zero-order valence-electron chi connectivity index (χ0n) is 15.6. The first kappa shape index (κ1) is 19.6. The Morgan fingerprint density at radius 2 is 1.77 bits per heavy atom. The summed E-state index contributed by atoms with van der Waals surface area (Å²) >= 11 is 0. The van der Waals surface area contributed by atoms with Crippen LogP contribution in [0.2, 0.25) is 0 Å². The van der Waals surface area contributed by atoms with Crippen LogP contribution < -0.4 is 0 Å². The molecule has 0 heteroatoms. The van der Waals surface area contributed by atoms with E-state index in [2.05, 4.69) is 39.2 Å². The number of hydrogen-bond acceptors (Lipinski definition) is 0. The van der Waals surface area contributed by atoms with E-state index in [1.807, 2.05) is 0 Å². The Bertz CT molecular complexity index is 315. The summed E-state index contributed by atoms with van der Waals surface area (Å²) in [6, 6.07) is 0. The molecule has 1 rings (SSSR count). The highest BCUT2D eigenvalue weighted by Crippen LogP contribution is 2.50. The molecule has 0 N–H and O–H groups in total. The van der Waals surface area contributed by atoms with Crippen LogP contribution in [0, 0.1) is 17.3 Å². The van der Waals surface area contributed by atoms with Gasteiger partial charge in [0.2, 0.25) is 0 Å². The van der Waals surface area contributed by atoms with Gasteiger partial charge < -0.3 is 0 Å². The molecule has 0 spiro atoms. The summed E-state index contributed by atoms with van der Waals surface area (Å²) in [4.78, 5) is 0. The van der Waals surface area contributed by atoms with Crippen molar-refractivity contribution in [2.45, 2.75) is 104 Å². The average molecular weight is 305 g/mol. The van der Waals surface area contributed by atoms with Crippen molar-refractivity contribution in [3.8, 4) is 0 Å². The highest BCUT2D eigenvalue weighted by atomic mass is 14.4. The van der Waals surface area contributed by atoms with Gasteiger partial charge in [-0.2, -0.15) is 0 Å². The van der Waals surface area contributed by atoms with Crippen molar-refractivity contribution in [1.29, 1.82) is 0 Å². The fourth-order valence-corrected chi connectivity index (χ4v) is 4.46. The van der Waals surface area contributed by atoms with Gasteiger partial charge in [-0.25, -0.2) is 0 Å². The maximum atomic E-state index is 3.69. The maximum Gasteiger partial charge on any atom is -0.0272 e. The highest BCUT2D eigenvalue weighted by Gasteiger charge is 2.39. The van der Waals surface area contributed by atoms with Crippen molar-refractivity contribution >= 4 is 0 Å². The molecule has 0 aromatic carbocycles. The van der Waals surface area contributed by atoms with E-state index in [-0.39, 0.29) is 0 Å². The van der Waals surface area contributed by atoms with Gasteiger partial charge >= 0.3 is 0 Å². The second-order valence-corrected chi connectivity index (χ2v) is 7.57. The van der Waals surface area contributed by atoms with Crippen LogP contribution >= 0.6 is 0 Å². The second kappa shape index (κ2) is 11.1. The normalized spacial score (nSPS) is 17.8. The molecule has 0 aromatic heterocycles. The van der Waals surface area contributed by atoms with E-state index in [4.69, 9.17) is 0 Å².